The van der Waals surface area contributed by atoms with E-state index in [4.69, 9.17) is 30.9 Å². The molecule has 0 saturated carbocycles. The van der Waals surface area contributed by atoms with E-state index in [9.17, 15) is 22.8 Å². The minimum Gasteiger partial charge on any atom is -0.457 e. The van der Waals surface area contributed by atoms with Gasteiger partial charge in [0, 0.05) is 43.4 Å². The lowest BCUT2D eigenvalue weighted by Gasteiger charge is -2.47. The van der Waals surface area contributed by atoms with Crippen molar-refractivity contribution in [3.05, 3.63) is 83.4 Å². The molecule has 0 atom stereocenters. The maximum Gasteiger partial charge on any atom is 0.328 e. The lowest BCUT2D eigenvalue weighted by atomic mass is 9.84. The average Bonchev–Trinajstić information content (AvgIpc) is 3.08. The van der Waals surface area contributed by atoms with Crippen LogP contribution in [0.25, 0.3) is 0 Å². The Hall–Kier alpha value is -4.09. The second-order valence-electron chi connectivity index (χ2n) is 10.8. The minimum atomic E-state index is -3.76. The van der Waals surface area contributed by atoms with E-state index in [1.165, 1.54) is 12.1 Å². The molecule has 0 aliphatic carbocycles. The van der Waals surface area contributed by atoms with Crippen LogP contribution in [0.1, 0.15) is 5.56 Å². The first-order valence-corrected chi connectivity index (χ1v) is 17.1. The van der Waals surface area contributed by atoms with E-state index in [-0.39, 0.29) is 51.0 Å². The quantitative estimate of drug-likeness (QED) is 0.134. The first-order chi connectivity index (χ1) is 23.1. The number of nitrogens with one attached hydrogen (secondary N) is 3. The zero-order chi connectivity index (χ0) is 34.1. The van der Waals surface area contributed by atoms with Crippen molar-refractivity contribution in [2.75, 3.05) is 70.7 Å². The highest BCUT2D eigenvalue weighted by Crippen LogP contribution is 2.35. The molecule has 16 heteroatoms. The summed E-state index contributed by atoms with van der Waals surface area (Å²) >= 11 is 5.95. The van der Waals surface area contributed by atoms with Crippen molar-refractivity contribution < 1.29 is 42.1 Å². The molecule has 0 spiro atoms. The number of hydrogen-bond donors (Lipinski definition) is 4. The van der Waals surface area contributed by atoms with Crippen LogP contribution in [0.3, 0.4) is 0 Å². The Morgan fingerprint density at radius 2 is 1.33 bits per heavy atom. The van der Waals surface area contributed by atoms with Crippen molar-refractivity contribution in [3.8, 4) is 11.5 Å². The number of urea groups is 1. The summed E-state index contributed by atoms with van der Waals surface area (Å²) in [5.74, 6) is -0.471. The summed E-state index contributed by atoms with van der Waals surface area (Å²) in [6.45, 7) is 2.37. The average molecular weight is 702 g/mol. The fraction of sp³-hybridized carbons (Fsp3) is 0.344. The third-order valence-corrected chi connectivity index (χ3v) is 9.57. The minimum absolute atomic E-state index is 0.0744. The lowest BCUT2D eigenvalue weighted by Crippen LogP contribution is -2.73. The van der Waals surface area contributed by atoms with Gasteiger partial charge in [-0.2, -0.15) is 0 Å². The molecule has 2 saturated heterocycles. The van der Waals surface area contributed by atoms with Crippen LogP contribution in [0, 0.1) is 0 Å². The molecule has 2 heterocycles. The zero-order valence-electron chi connectivity index (χ0n) is 25.9. The Balaban J connectivity index is 1.23. The highest BCUT2D eigenvalue weighted by atomic mass is 35.5. The number of barbiturate groups is 1. The van der Waals surface area contributed by atoms with Crippen molar-refractivity contribution in [3.63, 3.8) is 0 Å². The van der Waals surface area contributed by atoms with E-state index in [0.29, 0.717) is 41.8 Å². The number of aliphatic hydroxyl groups excluding tert-OH is 1. The van der Waals surface area contributed by atoms with E-state index >= 15 is 0 Å². The van der Waals surface area contributed by atoms with Crippen molar-refractivity contribution in [1.82, 2.24) is 20.3 Å². The summed E-state index contributed by atoms with van der Waals surface area (Å²) in [6.07, 6.45) is 0. The molecule has 0 unspecified atom stereocenters. The summed E-state index contributed by atoms with van der Waals surface area (Å²) in [6, 6.07) is 18.9. The number of ether oxygens (including phenoxy) is 3. The van der Waals surface area contributed by atoms with E-state index in [1.54, 1.807) is 65.6 Å². The third kappa shape index (κ3) is 8.13. The topological polar surface area (TPSA) is 176 Å². The predicted molar refractivity (Wildman–Crippen MR) is 175 cm³/mol. The molecular weight excluding hydrogens is 666 g/mol. The summed E-state index contributed by atoms with van der Waals surface area (Å²) in [5.41, 5.74) is -0.673. The first kappa shape index (κ1) is 35.2. The maximum absolute atomic E-state index is 13.5. The Bertz CT molecular complexity index is 1660. The van der Waals surface area contributed by atoms with Gasteiger partial charge in [0.2, 0.25) is 15.6 Å². The molecule has 3 aromatic carbocycles. The fourth-order valence-corrected chi connectivity index (χ4v) is 6.65. The molecule has 2 aliphatic heterocycles. The van der Waals surface area contributed by atoms with Gasteiger partial charge in [-0.15, -0.1) is 0 Å². The molecule has 3 aromatic rings. The number of anilines is 1. The van der Waals surface area contributed by atoms with Gasteiger partial charge >= 0.3 is 6.03 Å². The number of aliphatic hydroxyl groups is 1. The van der Waals surface area contributed by atoms with Crippen LogP contribution in [0.2, 0.25) is 5.02 Å². The van der Waals surface area contributed by atoms with Gasteiger partial charge in [0.25, 0.3) is 11.8 Å². The number of hydrogen-bond acceptors (Lipinski definition) is 11. The summed E-state index contributed by atoms with van der Waals surface area (Å²) in [5, 5.41) is 13.8. The van der Waals surface area contributed by atoms with Crippen LogP contribution < -0.4 is 25.0 Å². The van der Waals surface area contributed by atoms with Crippen LogP contribution in [0.15, 0.2) is 77.7 Å². The van der Waals surface area contributed by atoms with Gasteiger partial charge in [0.1, 0.15) is 11.5 Å². The molecule has 0 radical (unpaired) electrons. The molecule has 256 valence electrons. The highest BCUT2D eigenvalue weighted by molar-refractivity contribution is 7.89. The molecule has 0 bridgehead atoms. The number of benzene rings is 3. The standard InChI is InChI=1S/C32H36ClN5O9S/c33-24-3-9-27(10-4-24)47-26-7-1-23(2-8-26)32(29(40)35-31(42)36-30(32)41)38-16-14-37(15-17-38)25-5-11-28(12-6-25)48(43,44)34-13-19-45-21-22-46-20-18-39/h1-12,34,39H,13-22H2,(H2,35,36,40,41,42). The second kappa shape index (κ2) is 15.9. The maximum atomic E-state index is 13.5. The van der Waals surface area contributed by atoms with Gasteiger partial charge in [-0.25, -0.2) is 17.9 Å². The molecular formula is C32H36ClN5O9S. The Kier molecular flexibility index (Phi) is 11.6. The molecule has 14 nitrogen and oxygen atoms in total. The summed E-state index contributed by atoms with van der Waals surface area (Å²) in [7, 11) is -3.76. The number of sulfonamides is 1. The van der Waals surface area contributed by atoms with E-state index < -0.39 is 33.4 Å². The Morgan fingerprint density at radius 1 is 0.771 bits per heavy atom. The SMILES string of the molecule is O=C1NC(=O)C(c2ccc(Oc3ccc(Cl)cc3)cc2)(N2CCN(c3ccc(S(=O)(=O)NCCOCCOCCO)cc3)CC2)C(=O)N1. The number of carbonyl (C=O) groups excluding carboxylic acids is 3. The van der Waals surface area contributed by atoms with Crippen LogP contribution in [0.5, 0.6) is 11.5 Å². The number of rotatable bonds is 15. The van der Waals surface area contributed by atoms with Gasteiger partial charge in [0.05, 0.1) is 37.9 Å². The van der Waals surface area contributed by atoms with Crippen molar-refractivity contribution in [2.24, 2.45) is 0 Å². The molecule has 48 heavy (non-hydrogen) atoms. The van der Waals surface area contributed by atoms with Gasteiger partial charge in [-0.3, -0.25) is 25.1 Å². The zero-order valence-corrected chi connectivity index (χ0v) is 27.5. The van der Waals surface area contributed by atoms with E-state index in [2.05, 4.69) is 15.4 Å². The van der Waals surface area contributed by atoms with E-state index in [0.717, 1.165) is 5.69 Å². The predicted octanol–water partition coefficient (Wildman–Crippen LogP) is 1.82. The molecule has 4 N–H and O–H groups in total. The van der Waals surface area contributed by atoms with Crippen molar-refractivity contribution in [2.45, 2.75) is 10.4 Å². The first-order valence-electron chi connectivity index (χ1n) is 15.2. The lowest BCUT2D eigenvalue weighted by molar-refractivity contribution is -0.149. The van der Waals surface area contributed by atoms with Crippen molar-refractivity contribution >= 4 is 45.2 Å². The molecule has 4 amide bonds. The largest absolute Gasteiger partial charge is 0.457 e. The van der Waals surface area contributed by atoms with E-state index in [1.807, 2.05) is 4.90 Å². The number of carbonyl (C=O) groups is 3. The van der Waals surface area contributed by atoms with Crippen LogP contribution >= 0.6 is 11.6 Å². The van der Waals surface area contributed by atoms with Gasteiger partial charge in [-0.05, 0) is 66.2 Å². The third-order valence-electron chi connectivity index (χ3n) is 7.85. The van der Waals surface area contributed by atoms with Crippen LogP contribution in [-0.2, 0) is 34.6 Å². The smallest absolute Gasteiger partial charge is 0.328 e. The van der Waals surface area contributed by atoms with Gasteiger partial charge in [0.15, 0.2) is 0 Å². The van der Waals surface area contributed by atoms with Gasteiger partial charge in [-0.1, -0.05) is 23.7 Å². The summed E-state index contributed by atoms with van der Waals surface area (Å²) < 4.78 is 44.3. The molecule has 5 rings (SSSR count). The Labute approximate surface area is 282 Å². The summed E-state index contributed by atoms with van der Waals surface area (Å²) in [4.78, 5) is 42.9. The van der Waals surface area contributed by atoms with Crippen LogP contribution in [-0.4, -0.2) is 102 Å². The number of nitrogens with zero attached hydrogens (tertiary/aromatic N) is 2. The fourth-order valence-electron chi connectivity index (χ4n) is 5.51. The number of imide groups is 2. The van der Waals surface area contributed by atoms with Crippen LogP contribution in [0.4, 0.5) is 10.5 Å². The molecule has 2 fully saturated rings. The number of piperazine rings is 1. The van der Waals surface area contributed by atoms with Crippen molar-refractivity contribution in [1.29, 1.82) is 0 Å². The van der Waals surface area contributed by atoms with Gasteiger partial charge < -0.3 is 24.2 Å². The highest BCUT2D eigenvalue weighted by Gasteiger charge is 2.56. The number of amides is 4. The monoisotopic (exact) mass is 701 g/mol. The molecule has 0 aromatic heterocycles. The molecule has 2 aliphatic rings. The second-order valence-corrected chi connectivity index (χ2v) is 13.0. The Morgan fingerprint density at radius 3 is 1.92 bits per heavy atom. The normalized spacial score (nSPS) is 16.8. The number of halogens is 1.